The van der Waals surface area contributed by atoms with Crippen molar-refractivity contribution >= 4 is 21.6 Å². The molecule has 3 aromatic carbocycles. The molecular formula is C24H21N3O4S. The van der Waals surface area contributed by atoms with Crippen molar-refractivity contribution in [1.82, 2.24) is 9.46 Å². The predicted molar refractivity (Wildman–Crippen MR) is 121 cm³/mol. The van der Waals surface area contributed by atoms with Crippen LogP contribution in [0.2, 0.25) is 0 Å². The van der Waals surface area contributed by atoms with Gasteiger partial charge in [0.2, 0.25) is 10.0 Å². The van der Waals surface area contributed by atoms with Crippen LogP contribution in [-0.4, -0.2) is 30.8 Å². The van der Waals surface area contributed by atoms with Gasteiger partial charge in [-0.25, -0.2) is 8.42 Å². The molecule has 0 unspecified atom stereocenters. The van der Waals surface area contributed by atoms with E-state index in [9.17, 15) is 13.2 Å². The van der Waals surface area contributed by atoms with Crippen LogP contribution in [0.15, 0.2) is 100 Å². The fourth-order valence-corrected chi connectivity index (χ4v) is 4.29. The summed E-state index contributed by atoms with van der Waals surface area (Å²) < 4.78 is 32.2. The number of aromatic nitrogens is 1. The SMILES string of the molecule is CN(Cc1ccccc1)S(=O)(=O)c1ccc(NC(=O)c2cc(-c3ccccc3)on2)cc1. The zero-order valence-electron chi connectivity index (χ0n) is 17.3. The number of amides is 1. The maximum absolute atomic E-state index is 12.8. The van der Waals surface area contributed by atoms with E-state index in [1.807, 2.05) is 60.7 Å². The normalized spacial score (nSPS) is 11.4. The monoisotopic (exact) mass is 447 g/mol. The number of nitrogens with one attached hydrogen (secondary N) is 1. The third-order valence-electron chi connectivity index (χ3n) is 4.87. The van der Waals surface area contributed by atoms with E-state index in [0.29, 0.717) is 11.4 Å². The van der Waals surface area contributed by atoms with Gasteiger partial charge >= 0.3 is 0 Å². The van der Waals surface area contributed by atoms with Crippen LogP contribution in [0.4, 0.5) is 5.69 Å². The zero-order chi connectivity index (χ0) is 22.6. The van der Waals surface area contributed by atoms with Crippen LogP contribution in [0.3, 0.4) is 0 Å². The van der Waals surface area contributed by atoms with E-state index in [1.165, 1.54) is 23.5 Å². The lowest BCUT2D eigenvalue weighted by Crippen LogP contribution is -2.26. The van der Waals surface area contributed by atoms with Gasteiger partial charge in [0.1, 0.15) is 0 Å². The molecule has 32 heavy (non-hydrogen) atoms. The highest BCUT2D eigenvalue weighted by atomic mass is 32.2. The summed E-state index contributed by atoms with van der Waals surface area (Å²) in [5.74, 6) is 0.0337. The summed E-state index contributed by atoms with van der Waals surface area (Å²) in [4.78, 5) is 12.6. The highest BCUT2D eigenvalue weighted by Crippen LogP contribution is 2.22. The Morgan fingerprint density at radius 3 is 2.22 bits per heavy atom. The van der Waals surface area contributed by atoms with Gasteiger partial charge < -0.3 is 9.84 Å². The fraction of sp³-hybridized carbons (Fsp3) is 0.0833. The van der Waals surface area contributed by atoms with Crippen molar-refractivity contribution in [3.8, 4) is 11.3 Å². The highest BCUT2D eigenvalue weighted by molar-refractivity contribution is 7.89. The van der Waals surface area contributed by atoms with Crippen LogP contribution in [-0.2, 0) is 16.6 Å². The van der Waals surface area contributed by atoms with Crippen LogP contribution < -0.4 is 5.32 Å². The Hall–Kier alpha value is -3.75. The maximum Gasteiger partial charge on any atom is 0.277 e. The third-order valence-corrected chi connectivity index (χ3v) is 6.69. The Bertz CT molecular complexity index is 1300. The number of hydrogen-bond donors (Lipinski definition) is 1. The van der Waals surface area contributed by atoms with Crippen LogP contribution in [0.25, 0.3) is 11.3 Å². The van der Waals surface area contributed by atoms with Crippen molar-refractivity contribution in [3.05, 3.63) is 102 Å². The number of benzene rings is 3. The minimum absolute atomic E-state index is 0.128. The summed E-state index contributed by atoms with van der Waals surface area (Å²) in [6, 6.07) is 26.3. The predicted octanol–water partition coefficient (Wildman–Crippen LogP) is 4.41. The van der Waals surface area contributed by atoms with E-state index in [-0.39, 0.29) is 17.1 Å². The number of carbonyl (C=O) groups excluding carboxylic acids is 1. The minimum Gasteiger partial charge on any atom is -0.355 e. The summed E-state index contributed by atoms with van der Waals surface area (Å²) in [7, 11) is -2.13. The summed E-state index contributed by atoms with van der Waals surface area (Å²) >= 11 is 0. The molecule has 0 fully saturated rings. The van der Waals surface area contributed by atoms with Crippen molar-refractivity contribution in [2.24, 2.45) is 0 Å². The smallest absolute Gasteiger partial charge is 0.277 e. The molecule has 0 aliphatic carbocycles. The van der Waals surface area contributed by atoms with Crippen molar-refractivity contribution < 1.29 is 17.7 Å². The second-order valence-electron chi connectivity index (χ2n) is 7.17. The number of hydrogen-bond acceptors (Lipinski definition) is 5. The topological polar surface area (TPSA) is 92.5 Å². The molecule has 0 saturated heterocycles. The lowest BCUT2D eigenvalue weighted by atomic mass is 10.1. The number of rotatable bonds is 7. The minimum atomic E-state index is -3.67. The van der Waals surface area contributed by atoms with E-state index in [2.05, 4.69) is 10.5 Å². The lowest BCUT2D eigenvalue weighted by molar-refractivity contribution is 0.101. The van der Waals surface area contributed by atoms with E-state index in [1.54, 1.807) is 18.2 Å². The second kappa shape index (κ2) is 9.17. The molecule has 8 heteroatoms. The molecule has 162 valence electrons. The highest BCUT2D eigenvalue weighted by Gasteiger charge is 2.21. The van der Waals surface area contributed by atoms with Crippen molar-refractivity contribution in [2.75, 3.05) is 12.4 Å². The Morgan fingerprint density at radius 1 is 0.938 bits per heavy atom. The zero-order valence-corrected chi connectivity index (χ0v) is 18.1. The van der Waals surface area contributed by atoms with Gasteiger partial charge in [-0.2, -0.15) is 4.31 Å². The van der Waals surface area contributed by atoms with Crippen LogP contribution >= 0.6 is 0 Å². The Labute approximate surface area is 186 Å². The molecule has 0 spiro atoms. The first-order valence-corrected chi connectivity index (χ1v) is 11.3. The summed E-state index contributed by atoms with van der Waals surface area (Å²) in [6.07, 6.45) is 0. The van der Waals surface area contributed by atoms with Gasteiger partial charge in [-0.05, 0) is 29.8 Å². The molecule has 4 rings (SSSR count). The molecule has 0 saturated carbocycles. The number of anilines is 1. The van der Waals surface area contributed by atoms with E-state index in [0.717, 1.165) is 11.1 Å². The first-order valence-electron chi connectivity index (χ1n) is 9.87. The fourth-order valence-electron chi connectivity index (χ4n) is 3.13. The standard InChI is InChI=1S/C24H21N3O4S/c1-27(17-18-8-4-2-5-9-18)32(29,30)21-14-12-20(13-15-21)25-24(28)22-16-23(31-26-22)19-10-6-3-7-11-19/h2-16H,17H2,1H3,(H,25,28). The summed E-state index contributed by atoms with van der Waals surface area (Å²) in [6.45, 7) is 0.261. The molecule has 1 amide bonds. The van der Waals surface area contributed by atoms with Gasteiger partial charge in [0.25, 0.3) is 5.91 Å². The molecule has 1 N–H and O–H groups in total. The second-order valence-corrected chi connectivity index (χ2v) is 9.21. The molecule has 0 bridgehead atoms. The molecular weight excluding hydrogens is 426 g/mol. The molecule has 1 aromatic heterocycles. The molecule has 0 atom stereocenters. The summed E-state index contributed by atoms with van der Waals surface area (Å²) in [5.41, 5.74) is 2.28. The molecule has 0 aliphatic rings. The Balaban J connectivity index is 1.43. The number of sulfonamides is 1. The lowest BCUT2D eigenvalue weighted by Gasteiger charge is -2.17. The van der Waals surface area contributed by atoms with Crippen LogP contribution in [0, 0.1) is 0 Å². The van der Waals surface area contributed by atoms with Gasteiger partial charge in [-0.1, -0.05) is 65.8 Å². The molecule has 1 heterocycles. The van der Waals surface area contributed by atoms with Crippen LogP contribution in [0.1, 0.15) is 16.1 Å². The third kappa shape index (κ3) is 4.77. The first kappa shape index (κ1) is 21.5. The van der Waals surface area contributed by atoms with Gasteiger partial charge in [-0.3, -0.25) is 4.79 Å². The number of nitrogens with zero attached hydrogens (tertiary/aromatic N) is 2. The van der Waals surface area contributed by atoms with Crippen molar-refractivity contribution in [3.63, 3.8) is 0 Å². The van der Waals surface area contributed by atoms with E-state index in [4.69, 9.17) is 4.52 Å². The van der Waals surface area contributed by atoms with Gasteiger partial charge in [-0.15, -0.1) is 0 Å². The Morgan fingerprint density at radius 2 is 1.56 bits per heavy atom. The first-order chi connectivity index (χ1) is 15.4. The van der Waals surface area contributed by atoms with Gasteiger partial charge in [0.15, 0.2) is 11.5 Å². The van der Waals surface area contributed by atoms with Crippen molar-refractivity contribution in [2.45, 2.75) is 11.4 Å². The quantitative estimate of drug-likeness (QED) is 0.453. The average Bonchev–Trinajstić information content (AvgIpc) is 3.31. The Kier molecular flexibility index (Phi) is 6.16. The maximum atomic E-state index is 12.8. The molecule has 7 nitrogen and oxygen atoms in total. The molecule has 0 radical (unpaired) electrons. The van der Waals surface area contributed by atoms with Gasteiger partial charge in [0.05, 0.1) is 4.90 Å². The van der Waals surface area contributed by atoms with Gasteiger partial charge in [0, 0.05) is 30.9 Å². The van der Waals surface area contributed by atoms with Crippen molar-refractivity contribution in [1.29, 1.82) is 0 Å². The van der Waals surface area contributed by atoms with Crippen LogP contribution in [0.5, 0.6) is 0 Å². The van der Waals surface area contributed by atoms with E-state index >= 15 is 0 Å². The largest absolute Gasteiger partial charge is 0.355 e. The van der Waals surface area contributed by atoms with E-state index < -0.39 is 15.9 Å². The summed E-state index contributed by atoms with van der Waals surface area (Å²) in [5, 5.41) is 6.52. The average molecular weight is 448 g/mol. The molecule has 4 aromatic rings. The molecule has 0 aliphatic heterocycles. The number of carbonyl (C=O) groups is 1.